The molecule has 2 nitrogen and oxygen atoms in total. The van der Waals surface area contributed by atoms with Crippen LogP contribution in [-0.4, -0.2) is 18.2 Å². The smallest absolute Gasteiger partial charge is 0.427 e. The first kappa shape index (κ1) is 11.5. The fourth-order valence-corrected chi connectivity index (χ4v) is 1.69. The van der Waals surface area contributed by atoms with E-state index in [1.807, 2.05) is 13.0 Å². The minimum atomic E-state index is -0.665. The Hall–Kier alpha value is -0.535. The number of hydrogen-bond acceptors (Lipinski definition) is 2. The monoisotopic (exact) mass is 194 g/mol. The maximum Gasteiger partial charge on any atom is 0.458 e. The molecular formula is C11H19BO2. The molecule has 0 amide bonds. The fourth-order valence-electron chi connectivity index (χ4n) is 1.69. The summed E-state index contributed by atoms with van der Waals surface area (Å²) < 4.78 is 5.55. The molecule has 0 fully saturated rings. The first-order valence-electron chi connectivity index (χ1n) is 5.02. The standard InChI is InChI=1S/C11H19BO2/c1-8(2)9-6-7-12(13)14-10(9)11(3,4)5/h6,10,13H,1,7H2,2-5H3. The van der Waals surface area contributed by atoms with Gasteiger partial charge in [0.15, 0.2) is 0 Å². The molecule has 0 aromatic carbocycles. The molecule has 1 unspecified atom stereocenters. The van der Waals surface area contributed by atoms with Gasteiger partial charge in [0.05, 0.1) is 6.10 Å². The zero-order chi connectivity index (χ0) is 10.9. The maximum atomic E-state index is 9.45. The molecule has 1 rings (SSSR count). The molecule has 3 heteroatoms. The first-order valence-corrected chi connectivity index (χ1v) is 5.02. The van der Waals surface area contributed by atoms with Gasteiger partial charge in [0.1, 0.15) is 0 Å². The van der Waals surface area contributed by atoms with Gasteiger partial charge < -0.3 is 9.68 Å². The van der Waals surface area contributed by atoms with Crippen LogP contribution in [0.1, 0.15) is 27.7 Å². The predicted octanol–water partition coefficient (Wildman–Crippen LogP) is 2.41. The van der Waals surface area contributed by atoms with E-state index in [1.54, 1.807) is 0 Å². The van der Waals surface area contributed by atoms with E-state index in [0.29, 0.717) is 6.32 Å². The van der Waals surface area contributed by atoms with Crippen LogP contribution in [0.3, 0.4) is 0 Å². The van der Waals surface area contributed by atoms with Crippen molar-refractivity contribution in [3.63, 3.8) is 0 Å². The third kappa shape index (κ3) is 2.49. The Kier molecular flexibility index (Phi) is 3.22. The summed E-state index contributed by atoms with van der Waals surface area (Å²) in [5.41, 5.74) is 2.14. The Bertz CT molecular complexity index is 263. The summed E-state index contributed by atoms with van der Waals surface area (Å²) in [6.45, 7) is 12.2. The van der Waals surface area contributed by atoms with Crippen molar-refractivity contribution in [2.75, 3.05) is 0 Å². The third-order valence-electron chi connectivity index (χ3n) is 2.39. The van der Waals surface area contributed by atoms with Crippen molar-refractivity contribution in [1.82, 2.24) is 0 Å². The van der Waals surface area contributed by atoms with Crippen molar-refractivity contribution in [3.8, 4) is 0 Å². The summed E-state index contributed by atoms with van der Waals surface area (Å²) >= 11 is 0. The molecule has 0 aromatic heterocycles. The second-order valence-corrected chi connectivity index (χ2v) is 5.01. The second-order valence-electron chi connectivity index (χ2n) is 5.01. The van der Waals surface area contributed by atoms with E-state index in [-0.39, 0.29) is 11.5 Å². The van der Waals surface area contributed by atoms with Crippen LogP contribution in [-0.2, 0) is 4.65 Å². The lowest BCUT2D eigenvalue weighted by Gasteiger charge is -2.36. The van der Waals surface area contributed by atoms with Crippen molar-refractivity contribution in [2.45, 2.75) is 40.1 Å². The highest BCUT2D eigenvalue weighted by Crippen LogP contribution is 2.34. The minimum absolute atomic E-state index is 0.00775. The SMILES string of the molecule is C=C(C)C1=CCB(O)OC1C(C)(C)C. The normalized spacial score (nSPS) is 23.4. The molecule has 0 aromatic rings. The van der Waals surface area contributed by atoms with Crippen molar-refractivity contribution in [1.29, 1.82) is 0 Å². The highest BCUT2D eigenvalue weighted by molar-refractivity contribution is 6.43. The second kappa shape index (κ2) is 3.91. The van der Waals surface area contributed by atoms with Gasteiger partial charge in [-0.05, 0) is 17.9 Å². The Morgan fingerprint density at radius 2 is 2.21 bits per heavy atom. The lowest BCUT2D eigenvalue weighted by Crippen LogP contribution is -2.39. The number of hydrogen-bond donors (Lipinski definition) is 1. The Balaban J connectivity index is 2.95. The van der Waals surface area contributed by atoms with Gasteiger partial charge in [-0.3, -0.25) is 0 Å². The van der Waals surface area contributed by atoms with E-state index in [0.717, 1.165) is 11.1 Å². The summed E-state index contributed by atoms with van der Waals surface area (Å²) in [4.78, 5) is 0. The van der Waals surface area contributed by atoms with Gasteiger partial charge in [-0.2, -0.15) is 0 Å². The maximum absolute atomic E-state index is 9.45. The van der Waals surface area contributed by atoms with Gasteiger partial charge in [-0.1, -0.05) is 39.0 Å². The van der Waals surface area contributed by atoms with E-state index in [2.05, 4.69) is 27.4 Å². The largest absolute Gasteiger partial charge is 0.458 e. The molecule has 0 saturated heterocycles. The summed E-state index contributed by atoms with van der Waals surface area (Å²) in [6, 6.07) is 0. The molecule has 0 bridgehead atoms. The van der Waals surface area contributed by atoms with Crippen LogP contribution in [0.25, 0.3) is 0 Å². The van der Waals surface area contributed by atoms with Crippen LogP contribution in [0.2, 0.25) is 6.32 Å². The first-order chi connectivity index (χ1) is 6.32. The predicted molar refractivity (Wildman–Crippen MR) is 60.0 cm³/mol. The summed E-state index contributed by atoms with van der Waals surface area (Å²) in [6.07, 6.45) is 2.55. The van der Waals surface area contributed by atoms with Crippen LogP contribution < -0.4 is 0 Å². The number of allylic oxidation sites excluding steroid dienone is 1. The van der Waals surface area contributed by atoms with Crippen LogP contribution in [0, 0.1) is 5.41 Å². The molecule has 0 aliphatic carbocycles. The quantitative estimate of drug-likeness (QED) is 0.649. The average molecular weight is 194 g/mol. The third-order valence-corrected chi connectivity index (χ3v) is 2.39. The number of rotatable bonds is 1. The zero-order valence-electron chi connectivity index (χ0n) is 9.50. The molecule has 78 valence electrons. The zero-order valence-corrected chi connectivity index (χ0v) is 9.50. The van der Waals surface area contributed by atoms with Crippen LogP contribution >= 0.6 is 0 Å². The lowest BCUT2D eigenvalue weighted by atomic mass is 9.73. The molecule has 1 atom stereocenters. The molecular weight excluding hydrogens is 175 g/mol. The van der Waals surface area contributed by atoms with E-state index < -0.39 is 7.12 Å². The van der Waals surface area contributed by atoms with Gasteiger partial charge in [-0.25, -0.2) is 0 Å². The molecule has 0 saturated carbocycles. The van der Waals surface area contributed by atoms with Crippen molar-refractivity contribution < 1.29 is 9.68 Å². The lowest BCUT2D eigenvalue weighted by molar-refractivity contribution is 0.0927. The molecule has 14 heavy (non-hydrogen) atoms. The summed E-state index contributed by atoms with van der Waals surface area (Å²) in [5.74, 6) is 0. The van der Waals surface area contributed by atoms with Crippen LogP contribution in [0.5, 0.6) is 0 Å². The summed E-state index contributed by atoms with van der Waals surface area (Å²) in [5, 5.41) is 9.45. The molecule has 1 aliphatic heterocycles. The van der Waals surface area contributed by atoms with Gasteiger partial charge in [-0.15, -0.1) is 0 Å². The molecule has 0 radical (unpaired) electrons. The highest BCUT2D eigenvalue weighted by Gasteiger charge is 2.35. The van der Waals surface area contributed by atoms with Crippen molar-refractivity contribution >= 4 is 7.12 Å². The highest BCUT2D eigenvalue weighted by atomic mass is 16.5. The van der Waals surface area contributed by atoms with Crippen molar-refractivity contribution in [2.24, 2.45) is 5.41 Å². The molecule has 1 heterocycles. The van der Waals surface area contributed by atoms with Crippen LogP contribution in [0.15, 0.2) is 23.8 Å². The summed E-state index contributed by atoms with van der Waals surface area (Å²) in [7, 11) is -0.665. The van der Waals surface area contributed by atoms with Gasteiger partial charge >= 0.3 is 7.12 Å². The molecule has 1 aliphatic rings. The van der Waals surface area contributed by atoms with Crippen LogP contribution in [0.4, 0.5) is 0 Å². The van der Waals surface area contributed by atoms with Crippen molar-refractivity contribution in [3.05, 3.63) is 23.8 Å². The Morgan fingerprint density at radius 3 is 2.64 bits per heavy atom. The van der Waals surface area contributed by atoms with Gasteiger partial charge in [0.2, 0.25) is 0 Å². The Morgan fingerprint density at radius 1 is 1.64 bits per heavy atom. The van der Waals surface area contributed by atoms with Gasteiger partial charge in [0.25, 0.3) is 0 Å². The topological polar surface area (TPSA) is 29.5 Å². The molecule has 0 spiro atoms. The Labute approximate surface area is 86.8 Å². The minimum Gasteiger partial charge on any atom is -0.427 e. The molecule has 1 N–H and O–H groups in total. The average Bonchev–Trinajstić information content (AvgIpc) is 2.01. The fraction of sp³-hybridized carbons (Fsp3) is 0.636. The van der Waals surface area contributed by atoms with E-state index in [4.69, 9.17) is 4.65 Å². The van der Waals surface area contributed by atoms with E-state index >= 15 is 0 Å². The van der Waals surface area contributed by atoms with E-state index in [9.17, 15) is 5.02 Å². The van der Waals surface area contributed by atoms with Gasteiger partial charge in [0, 0.05) is 6.32 Å². The van der Waals surface area contributed by atoms with E-state index in [1.165, 1.54) is 0 Å².